The lowest BCUT2D eigenvalue weighted by atomic mass is 10.0. The van der Waals surface area contributed by atoms with Crippen LogP contribution in [0.2, 0.25) is 0 Å². The van der Waals surface area contributed by atoms with E-state index in [9.17, 15) is 9.59 Å². The molecule has 0 unspecified atom stereocenters. The molecular weight excluding hydrogens is 512 g/mol. The number of aliphatic imine (C=N–C) groups is 1. The molecule has 2 heterocycles. The van der Waals surface area contributed by atoms with Crippen LogP contribution in [0.15, 0.2) is 99.2 Å². The highest BCUT2D eigenvalue weighted by atomic mass is 32.2. The summed E-state index contributed by atoms with van der Waals surface area (Å²) in [6.45, 7) is 2.21. The minimum absolute atomic E-state index is 0.160. The molecule has 8 heteroatoms. The van der Waals surface area contributed by atoms with Gasteiger partial charge in [0.2, 0.25) is 0 Å². The van der Waals surface area contributed by atoms with E-state index in [1.54, 1.807) is 36.3 Å². The molecule has 0 radical (unpaired) electrons. The molecule has 1 aliphatic heterocycles. The Kier molecular flexibility index (Phi) is 7.65. The summed E-state index contributed by atoms with van der Waals surface area (Å²) in [6, 6.07) is 26.2. The number of para-hydroxylation sites is 1. The lowest BCUT2D eigenvalue weighted by Gasteiger charge is -2.16. The topological polar surface area (TPSA) is 81.3 Å². The van der Waals surface area contributed by atoms with E-state index in [0.29, 0.717) is 33.7 Å². The van der Waals surface area contributed by atoms with Crippen molar-refractivity contribution in [2.45, 2.75) is 13.5 Å². The zero-order valence-corrected chi connectivity index (χ0v) is 22.5. The standard InChI is InChI=1S/C31H26N2O5S/c1-20-25(10-7-11-26(20)30(35)37-3)27-17-16-24(38-27)18-28-29(34)33(19-21-12-14-23(36-2)15-13-21)31(39-28)32-22-8-5-4-6-9-22/h4-18H,19H2,1-3H3/b28-18-,32-31?. The lowest BCUT2D eigenvalue weighted by molar-refractivity contribution is -0.122. The van der Waals surface area contributed by atoms with E-state index in [4.69, 9.17) is 18.9 Å². The van der Waals surface area contributed by atoms with Gasteiger partial charge in [0.25, 0.3) is 5.91 Å². The van der Waals surface area contributed by atoms with Gasteiger partial charge in [0.05, 0.1) is 36.9 Å². The Morgan fingerprint density at radius 1 is 0.974 bits per heavy atom. The van der Waals surface area contributed by atoms with E-state index >= 15 is 0 Å². The average molecular weight is 539 g/mol. The summed E-state index contributed by atoms with van der Waals surface area (Å²) in [6.07, 6.45) is 1.73. The van der Waals surface area contributed by atoms with Gasteiger partial charge < -0.3 is 13.9 Å². The third kappa shape index (κ3) is 5.66. The summed E-state index contributed by atoms with van der Waals surface area (Å²) in [5.41, 5.74) is 3.72. The van der Waals surface area contributed by atoms with E-state index in [2.05, 4.69) is 0 Å². The second kappa shape index (κ2) is 11.4. The van der Waals surface area contributed by atoms with Crippen molar-refractivity contribution in [1.82, 2.24) is 4.90 Å². The highest BCUT2D eigenvalue weighted by Gasteiger charge is 2.34. The van der Waals surface area contributed by atoms with Crippen molar-refractivity contribution in [3.63, 3.8) is 0 Å². The molecule has 39 heavy (non-hydrogen) atoms. The Balaban J connectivity index is 1.45. The molecule has 1 aliphatic rings. The maximum Gasteiger partial charge on any atom is 0.338 e. The molecule has 1 saturated heterocycles. The largest absolute Gasteiger partial charge is 0.497 e. The van der Waals surface area contributed by atoms with Crippen LogP contribution in [0.5, 0.6) is 5.75 Å². The fourth-order valence-electron chi connectivity index (χ4n) is 4.20. The normalized spacial score (nSPS) is 15.3. The summed E-state index contributed by atoms with van der Waals surface area (Å²) in [7, 11) is 2.98. The highest BCUT2D eigenvalue weighted by molar-refractivity contribution is 8.18. The molecule has 0 aliphatic carbocycles. The van der Waals surface area contributed by atoms with Gasteiger partial charge in [0, 0.05) is 11.6 Å². The van der Waals surface area contributed by atoms with Crippen LogP contribution in [-0.4, -0.2) is 36.2 Å². The van der Waals surface area contributed by atoms with Crippen molar-refractivity contribution < 1.29 is 23.5 Å². The van der Waals surface area contributed by atoms with Gasteiger partial charge in [-0.2, -0.15) is 0 Å². The second-order valence-corrected chi connectivity index (χ2v) is 9.76. The molecule has 1 aromatic heterocycles. The van der Waals surface area contributed by atoms with Crippen LogP contribution in [0, 0.1) is 6.92 Å². The third-order valence-electron chi connectivity index (χ3n) is 6.27. The fourth-order valence-corrected chi connectivity index (χ4v) is 5.17. The Morgan fingerprint density at radius 3 is 2.46 bits per heavy atom. The van der Waals surface area contributed by atoms with Gasteiger partial charge in [-0.15, -0.1) is 0 Å². The Bertz CT molecular complexity index is 1570. The van der Waals surface area contributed by atoms with Crippen molar-refractivity contribution in [3.05, 3.63) is 112 Å². The first-order chi connectivity index (χ1) is 19.0. The van der Waals surface area contributed by atoms with Crippen molar-refractivity contribution >= 4 is 40.6 Å². The van der Waals surface area contributed by atoms with Crippen molar-refractivity contribution in [2.75, 3.05) is 14.2 Å². The number of hydrogen-bond donors (Lipinski definition) is 0. The summed E-state index contributed by atoms with van der Waals surface area (Å²) < 4.78 is 16.2. The Labute approximate surface area is 230 Å². The minimum atomic E-state index is -0.404. The van der Waals surface area contributed by atoms with E-state index in [1.165, 1.54) is 18.9 Å². The molecule has 5 rings (SSSR count). The number of benzene rings is 3. The summed E-state index contributed by atoms with van der Waals surface area (Å²) in [4.78, 5) is 32.6. The van der Waals surface area contributed by atoms with Crippen molar-refractivity contribution in [3.8, 4) is 17.1 Å². The number of furan rings is 1. The number of nitrogens with zero attached hydrogens (tertiary/aromatic N) is 2. The predicted octanol–water partition coefficient (Wildman–Crippen LogP) is 6.85. The zero-order valence-electron chi connectivity index (χ0n) is 21.7. The molecule has 0 atom stereocenters. The molecule has 1 amide bonds. The minimum Gasteiger partial charge on any atom is -0.497 e. The Morgan fingerprint density at radius 2 is 1.74 bits per heavy atom. The van der Waals surface area contributed by atoms with Gasteiger partial charge in [-0.3, -0.25) is 9.69 Å². The van der Waals surface area contributed by atoms with Crippen molar-refractivity contribution in [1.29, 1.82) is 0 Å². The Hall–Kier alpha value is -4.56. The van der Waals surface area contributed by atoms with Crippen LogP contribution in [0.3, 0.4) is 0 Å². The summed E-state index contributed by atoms with van der Waals surface area (Å²) in [5.74, 6) is 1.30. The number of thioether (sulfide) groups is 1. The molecule has 7 nitrogen and oxygen atoms in total. The molecule has 0 bridgehead atoms. The van der Waals surface area contributed by atoms with E-state index < -0.39 is 5.97 Å². The van der Waals surface area contributed by atoms with Crippen LogP contribution < -0.4 is 4.74 Å². The van der Waals surface area contributed by atoms with Gasteiger partial charge in [-0.25, -0.2) is 9.79 Å². The van der Waals surface area contributed by atoms with Gasteiger partial charge in [0.15, 0.2) is 5.17 Å². The third-order valence-corrected chi connectivity index (χ3v) is 7.28. The molecule has 0 saturated carbocycles. The van der Waals surface area contributed by atoms with Crippen LogP contribution >= 0.6 is 11.8 Å². The van der Waals surface area contributed by atoms with Crippen molar-refractivity contribution in [2.24, 2.45) is 4.99 Å². The van der Waals surface area contributed by atoms with E-state index in [-0.39, 0.29) is 5.91 Å². The summed E-state index contributed by atoms with van der Waals surface area (Å²) in [5, 5.41) is 0.585. The molecule has 3 aromatic carbocycles. The number of carbonyl (C=O) groups is 2. The first-order valence-corrected chi connectivity index (χ1v) is 13.0. The van der Waals surface area contributed by atoms with Gasteiger partial charge >= 0.3 is 5.97 Å². The zero-order chi connectivity index (χ0) is 27.4. The monoisotopic (exact) mass is 538 g/mol. The van der Waals surface area contributed by atoms with E-state index in [1.807, 2.05) is 73.7 Å². The molecule has 196 valence electrons. The van der Waals surface area contributed by atoms with Crippen LogP contribution in [0.25, 0.3) is 17.4 Å². The summed E-state index contributed by atoms with van der Waals surface area (Å²) >= 11 is 1.30. The van der Waals surface area contributed by atoms with E-state index in [0.717, 1.165) is 28.1 Å². The predicted molar refractivity (Wildman–Crippen MR) is 153 cm³/mol. The maximum absolute atomic E-state index is 13.6. The number of carbonyl (C=O) groups excluding carboxylic acids is 2. The molecule has 0 spiro atoms. The first-order valence-electron chi connectivity index (χ1n) is 12.2. The van der Waals surface area contributed by atoms with Crippen LogP contribution in [0.1, 0.15) is 27.2 Å². The van der Waals surface area contributed by atoms with Crippen LogP contribution in [-0.2, 0) is 16.1 Å². The number of hydrogen-bond acceptors (Lipinski definition) is 7. The first kappa shape index (κ1) is 26.1. The number of amides is 1. The van der Waals surface area contributed by atoms with Crippen LogP contribution in [0.4, 0.5) is 5.69 Å². The maximum atomic E-state index is 13.6. The fraction of sp³-hybridized carbons (Fsp3) is 0.129. The number of esters is 1. The van der Waals surface area contributed by atoms with Gasteiger partial charge in [-0.1, -0.05) is 42.5 Å². The molecular formula is C31H26N2O5S. The van der Waals surface area contributed by atoms with Gasteiger partial charge in [-0.05, 0) is 72.3 Å². The van der Waals surface area contributed by atoms with Gasteiger partial charge in [0.1, 0.15) is 17.3 Å². The smallest absolute Gasteiger partial charge is 0.338 e. The number of methoxy groups -OCH3 is 2. The highest BCUT2D eigenvalue weighted by Crippen LogP contribution is 2.36. The molecule has 1 fully saturated rings. The molecule has 0 N–H and O–H groups in total. The second-order valence-electron chi connectivity index (χ2n) is 8.75. The molecule has 4 aromatic rings. The number of ether oxygens (including phenoxy) is 2. The quantitative estimate of drug-likeness (QED) is 0.189. The average Bonchev–Trinajstić information content (AvgIpc) is 3.54. The number of amidine groups is 1. The SMILES string of the molecule is COC(=O)c1cccc(-c2ccc(/C=C3\SC(=Nc4ccccc4)N(Cc4ccc(OC)cc4)C3=O)o2)c1C. The lowest BCUT2D eigenvalue weighted by Crippen LogP contribution is -2.28. The number of rotatable bonds is 7.